The zero-order valence-electron chi connectivity index (χ0n) is 14.2. The first-order chi connectivity index (χ1) is 11.0. The third-order valence-corrected chi connectivity index (χ3v) is 5.12. The number of carbonyl (C=O) groups is 1. The van der Waals surface area contributed by atoms with Gasteiger partial charge in [0.25, 0.3) is 0 Å². The van der Waals surface area contributed by atoms with E-state index >= 15 is 0 Å². The van der Waals surface area contributed by atoms with Crippen LogP contribution in [0.15, 0.2) is 24.3 Å². The van der Waals surface area contributed by atoms with E-state index in [4.69, 9.17) is 5.73 Å². The molecule has 2 aliphatic rings. The highest BCUT2D eigenvalue weighted by Crippen LogP contribution is 2.29. The van der Waals surface area contributed by atoms with E-state index in [9.17, 15) is 4.79 Å². The molecule has 1 aromatic rings. The van der Waals surface area contributed by atoms with Crippen LogP contribution in [0.1, 0.15) is 30.0 Å². The van der Waals surface area contributed by atoms with Crippen molar-refractivity contribution in [3.63, 3.8) is 0 Å². The van der Waals surface area contributed by atoms with Crippen LogP contribution in [0.2, 0.25) is 0 Å². The van der Waals surface area contributed by atoms with E-state index in [1.807, 2.05) is 17.0 Å². The molecule has 3 N–H and O–H groups in total. The molecule has 1 heterocycles. The Morgan fingerprint density at radius 3 is 2.65 bits per heavy atom. The number of carbonyl (C=O) groups excluding carboxylic acids is 1. The summed E-state index contributed by atoms with van der Waals surface area (Å²) in [4.78, 5) is 16.7. The summed E-state index contributed by atoms with van der Waals surface area (Å²) in [6.45, 7) is 2.80. The lowest BCUT2D eigenvalue weighted by Crippen LogP contribution is -2.50. The monoisotopic (exact) mass is 316 g/mol. The number of nitrogens with two attached hydrogens (primary N) is 1. The first kappa shape index (κ1) is 16.3. The summed E-state index contributed by atoms with van der Waals surface area (Å²) < 4.78 is 0. The Bertz CT molecular complexity index is 552. The fourth-order valence-corrected chi connectivity index (χ4v) is 3.85. The largest absolute Gasteiger partial charge is 0.333 e. The number of piperidine rings is 1. The van der Waals surface area contributed by atoms with Crippen LogP contribution >= 0.6 is 0 Å². The van der Waals surface area contributed by atoms with Crippen molar-refractivity contribution in [1.82, 2.24) is 15.1 Å². The van der Waals surface area contributed by atoms with Crippen LogP contribution in [-0.2, 0) is 6.42 Å². The van der Waals surface area contributed by atoms with Gasteiger partial charge in [-0.05, 0) is 50.4 Å². The Balaban J connectivity index is 1.51. The highest BCUT2D eigenvalue weighted by molar-refractivity contribution is 5.75. The van der Waals surface area contributed by atoms with E-state index in [2.05, 4.69) is 36.4 Å². The summed E-state index contributed by atoms with van der Waals surface area (Å²) in [5.74, 6) is 0.701. The number of nitrogens with zero attached hydrogens (tertiary/aromatic N) is 2. The van der Waals surface area contributed by atoms with Gasteiger partial charge in [-0.25, -0.2) is 4.79 Å². The van der Waals surface area contributed by atoms with Gasteiger partial charge in [-0.3, -0.25) is 0 Å². The van der Waals surface area contributed by atoms with Gasteiger partial charge >= 0.3 is 6.03 Å². The van der Waals surface area contributed by atoms with E-state index in [1.54, 1.807) is 0 Å². The van der Waals surface area contributed by atoms with Crippen molar-refractivity contribution < 1.29 is 4.79 Å². The van der Waals surface area contributed by atoms with Crippen molar-refractivity contribution in [3.8, 4) is 0 Å². The first-order valence-electron chi connectivity index (χ1n) is 8.58. The van der Waals surface area contributed by atoms with Crippen molar-refractivity contribution >= 4 is 6.03 Å². The highest BCUT2D eigenvalue weighted by Gasteiger charge is 2.32. The standard InChI is InChI=1S/C18H28N4O/c1-21(2)12-13-7-9-22(10-8-13)18(23)20-16-11-14-5-3-4-6-15(14)17(16)19/h3-6,13,16-17H,7-12,19H2,1-2H3,(H,20,23)/t16-,17-/m1/s1. The summed E-state index contributed by atoms with van der Waals surface area (Å²) >= 11 is 0. The van der Waals surface area contributed by atoms with Crippen molar-refractivity contribution in [2.24, 2.45) is 11.7 Å². The van der Waals surface area contributed by atoms with Gasteiger partial charge in [0.1, 0.15) is 0 Å². The molecular formula is C18H28N4O. The van der Waals surface area contributed by atoms with E-state index < -0.39 is 0 Å². The topological polar surface area (TPSA) is 61.6 Å². The van der Waals surface area contributed by atoms with Crippen molar-refractivity contribution in [2.75, 3.05) is 33.7 Å². The Morgan fingerprint density at radius 2 is 2.00 bits per heavy atom. The molecule has 0 unspecified atom stereocenters. The predicted molar refractivity (Wildman–Crippen MR) is 92.2 cm³/mol. The quantitative estimate of drug-likeness (QED) is 0.890. The molecule has 2 amide bonds. The van der Waals surface area contributed by atoms with Gasteiger partial charge in [0, 0.05) is 19.6 Å². The maximum absolute atomic E-state index is 12.5. The molecule has 5 heteroatoms. The van der Waals surface area contributed by atoms with Gasteiger partial charge in [-0.15, -0.1) is 0 Å². The second-order valence-corrected chi connectivity index (χ2v) is 7.18. The van der Waals surface area contributed by atoms with E-state index in [1.165, 1.54) is 11.1 Å². The van der Waals surface area contributed by atoms with Crippen molar-refractivity contribution in [1.29, 1.82) is 0 Å². The van der Waals surface area contributed by atoms with Gasteiger partial charge in [-0.1, -0.05) is 24.3 Å². The molecule has 0 aromatic heterocycles. The van der Waals surface area contributed by atoms with Crippen LogP contribution in [0.3, 0.4) is 0 Å². The lowest BCUT2D eigenvalue weighted by atomic mass is 9.96. The maximum Gasteiger partial charge on any atom is 0.317 e. The molecule has 23 heavy (non-hydrogen) atoms. The first-order valence-corrected chi connectivity index (χ1v) is 8.58. The molecule has 0 spiro atoms. The van der Waals surface area contributed by atoms with Crippen LogP contribution < -0.4 is 11.1 Å². The lowest BCUT2D eigenvalue weighted by Gasteiger charge is -2.34. The maximum atomic E-state index is 12.5. The van der Waals surface area contributed by atoms with Gasteiger partial charge < -0.3 is 20.9 Å². The Kier molecular flexibility index (Phi) is 4.87. The molecule has 1 aromatic carbocycles. The molecule has 1 saturated heterocycles. The third-order valence-electron chi connectivity index (χ3n) is 5.12. The average molecular weight is 316 g/mol. The minimum Gasteiger partial charge on any atom is -0.333 e. The molecule has 1 fully saturated rings. The van der Waals surface area contributed by atoms with Crippen LogP contribution in [0.25, 0.3) is 0 Å². The molecule has 1 aliphatic carbocycles. The number of rotatable bonds is 3. The SMILES string of the molecule is CN(C)CC1CCN(C(=O)N[C@@H]2Cc3ccccc3[C@H]2N)CC1. The number of benzene rings is 1. The smallest absolute Gasteiger partial charge is 0.317 e. The molecule has 5 nitrogen and oxygen atoms in total. The minimum absolute atomic E-state index is 0.0133. The van der Waals surface area contributed by atoms with Gasteiger partial charge in [-0.2, -0.15) is 0 Å². The van der Waals surface area contributed by atoms with Gasteiger partial charge in [0.15, 0.2) is 0 Å². The number of fused-ring (bicyclic) bond motifs is 1. The second-order valence-electron chi connectivity index (χ2n) is 7.18. The van der Waals surface area contributed by atoms with E-state index in [0.717, 1.165) is 38.9 Å². The zero-order valence-corrected chi connectivity index (χ0v) is 14.2. The van der Waals surface area contributed by atoms with Crippen LogP contribution in [0, 0.1) is 5.92 Å². The molecule has 0 radical (unpaired) electrons. The fourth-order valence-electron chi connectivity index (χ4n) is 3.85. The number of hydrogen-bond acceptors (Lipinski definition) is 3. The number of likely N-dealkylation sites (tertiary alicyclic amines) is 1. The zero-order chi connectivity index (χ0) is 16.4. The van der Waals surface area contributed by atoms with Crippen LogP contribution in [0.5, 0.6) is 0 Å². The number of hydrogen-bond donors (Lipinski definition) is 2. The lowest BCUT2D eigenvalue weighted by molar-refractivity contribution is 0.156. The number of urea groups is 1. The molecule has 2 atom stereocenters. The normalized spacial score (nSPS) is 24.8. The molecule has 0 saturated carbocycles. The summed E-state index contributed by atoms with van der Waals surface area (Å²) in [6, 6.07) is 8.18. The Hall–Kier alpha value is -1.59. The van der Waals surface area contributed by atoms with Crippen molar-refractivity contribution in [2.45, 2.75) is 31.3 Å². The number of amides is 2. The van der Waals surface area contributed by atoms with E-state index in [-0.39, 0.29) is 18.1 Å². The fraction of sp³-hybridized carbons (Fsp3) is 0.611. The predicted octanol–water partition coefficient (Wildman–Crippen LogP) is 1.59. The highest BCUT2D eigenvalue weighted by atomic mass is 16.2. The Morgan fingerprint density at radius 1 is 1.30 bits per heavy atom. The Labute approximate surface area is 138 Å². The summed E-state index contributed by atoms with van der Waals surface area (Å²) in [6.07, 6.45) is 3.01. The molecule has 1 aliphatic heterocycles. The minimum atomic E-state index is -0.0959. The second kappa shape index (κ2) is 6.89. The molecule has 0 bridgehead atoms. The summed E-state index contributed by atoms with van der Waals surface area (Å²) in [5.41, 5.74) is 8.73. The van der Waals surface area contributed by atoms with Crippen LogP contribution in [-0.4, -0.2) is 55.6 Å². The van der Waals surface area contributed by atoms with Crippen molar-refractivity contribution in [3.05, 3.63) is 35.4 Å². The number of nitrogens with one attached hydrogen (secondary N) is 1. The average Bonchev–Trinajstić information content (AvgIpc) is 2.84. The molecule has 126 valence electrons. The molecular weight excluding hydrogens is 288 g/mol. The van der Waals surface area contributed by atoms with E-state index in [0.29, 0.717) is 5.92 Å². The third kappa shape index (κ3) is 3.67. The van der Waals surface area contributed by atoms with Crippen LogP contribution in [0.4, 0.5) is 4.79 Å². The summed E-state index contributed by atoms with van der Waals surface area (Å²) in [7, 11) is 4.22. The van der Waals surface area contributed by atoms with Gasteiger partial charge in [0.05, 0.1) is 12.1 Å². The summed E-state index contributed by atoms with van der Waals surface area (Å²) in [5, 5.41) is 3.15. The molecule has 3 rings (SSSR count). The van der Waals surface area contributed by atoms with Gasteiger partial charge in [0.2, 0.25) is 0 Å².